The van der Waals surface area contributed by atoms with Crippen molar-refractivity contribution in [1.82, 2.24) is 14.6 Å². The summed E-state index contributed by atoms with van der Waals surface area (Å²) in [4.78, 5) is 17.5. The molecular formula is C19H12ClN3OS. The van der Waals surface area contributed by atoms with Crippen molar-refractivity contribution in [2.24, 2.45) is 0 Å². The summed E-state index contributed by atoms with van der Waals surface area (Å²) in [6.45, 7) is 0. The second-order valence-corrected chi connectivity index (χ2v) is 6.82. The minimum Gasteiger partial charge on any atom is -0.266 e. The zero-order chi connectivity index (χ0) is 17.2. The molecule has 0 aliphatic carbocycles. The quantitative estimate of drug-likeness (QED) is 0.558. The first-order chi connectivity index (χ1) is 12.2. The minimum atomic E-state index is -0.174. The summed E-state index contributed by atoms with van der Waals surface area (Å²) in [5.41, 5.74) is 1.75. The monoisotopic (exact) mass is 365 g/mol. The molecular weight excluding hydrogens is 354 g/mol. The van der Waals surface area contributed by atoms with E-state index in [0.717, 1.165) is 11.1 Å². The van der Waals surface area contributed by atoms with Gasteiger partial charge in [-0.3, -0.25) is 4.79 Å². The summed E-state index contributed by atoms with van der Waals surface area (Å²) in [6.07, 6.45) is 5.52. The van der Waals surface area contributed by atoms with Gasteiger partial charge in [-0.05, 0) is 35.4 Å². The molecule has 0 aliphatic heterocycles. The molecule has 0 spiro atoms. The maximum Gasteiger partial charge on any atom is 0.291 e. The van der Waals surface area contributed by atoms with Crippen LogP contribution in [-0.4, -0.2) is 14.6 Å². The first-order valence-electron chi connectivity index (χ1n) is 7.59. The molecule has 25 heavy (non-hydrogen) atoms. The highest BCUT2D eigenvalue weighted by Crippen LogP contribution is 2.12. The Labute approximate surface area is 152 Å². The first-order valence-corrected chi connectivity index (χ1v) is 8.78. The van der Waals surface area contributed by atoms with Crippen LogP contribution in [0.2, 0.25) is 5.02 Å². The van der Waals surface area contributed by atoms with Gasteiger partial charge in [0.1, 0.15) is 0 Å². The normalized spacial score (nSPS) is 12.4. The van der Waals surface area contributed by atoms with E-state index in [1.807, 2.05) is 54.6 Å². The van der Waals surface area contributed by atoms with Gasteiger partial charge >= 0.3 is 0 Å². The average molecular weight is 366 g/mol. The lowest BCUT2D eigenvalue weighted by Gasteiger charge is -1.91. The van der Waals surface area contributed by atoms with E-state index in [0.29, 0.717) is 20.3 Å². The van der Waals surface area contributed by atoms with Gasteiger partial charge in [0, 0.05) is 5.02 Å². The largest absolute Gasteiger partial charge is 0.291 e. The van der Waals surface area contributed by atoms with Gasteiger partial charge in [-0.25, -0.2) is 0 Å². The predicted octanol–water partition coefficient (Wildman–Crippen LogP) is 3.52. The van der Waals surface area contributed by atoms with Crippen LogP contribution in [0.4, 0.5) is 0 Å². The molecule has 0 atom stereocenters. The number of hydrogen-bond acceptors (Lipinski definition) is 4. The molecule has 0 saturated carbocycles. The Hall–Kier alpha value is -2.76. The molecule has 0 N–H and O–H groups in total. The smallest absolute Gasteiger partial charge is 0.266 e. The Kier molecular flexibility index (Phi) is 4.17. The molecule has 4 rings (SSSR count). The Morgan fingerprint density at radius 1 is 1.00 bits per heavy atom. The Bertz CT molecular complexity index is 1180. The van der Waals surface area contributed by atoms with Crippen LogP contribution < -0.4 is 10.1 Å². The number of aromatic nitrogens is 3. The van der Waals surface area contributed by atoms with E-state index in [1.54, 1.807) is 18.2 Å². The zero-order valence-corrected chi connectivity index (χ0v) is 14.5. The third-order valence-corrected chi connectivity index (χ3v) is 4.76. The van der Waals surface area contributed by atoms with E-state index < -0.39 is 0 Å². The van der Waals surface area contributed by atoms with Gasteiger partial charge in [0.25, 0.3) is 5.56 Å². The van der Waals surface area contributed by atoms with Crippen LogP contribution in [0.3, 0.4) is 0 Å². The molecule has 4 nitrogen and oxygen atoms in total. The van der Waals surface area contributed by atoms with Crippen molar-refractivity contribution in [3.8, 4) is 0 Å². The fourth-order valence-electron chi connectivity index (χ4n) is 2.40. The molecule has 4 aromatic rings. The highest BCUT2D eigenvalue weighted by molar-refractivity contribution is 7.15. The van der Waals surface area contributed by atoms with Crippen LogP contribution in [-0.2, 0) is 0 Å². The SMILES string of the molecule is O=c1c(=Cc2cccc(Cl)c2)sc2nc(C=Cc3ccccc3)nn12. The number of thiazole rings is 1. The van der Waals surface area contributed by atoms with Crippen molar-refractivity contribution in [2.45, 2.75) is 0 Å². The summed E-state index contributed by atoms with van der Waals surface area (Å²) in [6, 6.07) is 17.2. The van der Waals surface area contributed by atoms with Gasteiger partial charge in [-0.2, -0.15) is 9.50 Å². The summed E-state index contributed by atoms with van der Waals surface area (Å²) >= 11 is 7.29. The second kappa shape index (κ2) is 6.63. The molecule has 0 radical (unpaired) electrons. The van der Waals surface area contributed by atoms with Gasteiger partial charge in [-0.15, -0.1) is 5.10 Å². The van der Waals surface area contributed by atoms with Crippen LogP contribution >= 0.6 is 22.9 Å². The molecule has 122 valence electrons. The van der Waals surface area contributed by atoms with Crippen LogP contribution in [0.15, 0.2) is 59.4 Å². The minimum absolute atomic E-state index is 0.174. The predicted molar refractivity (Wildman–Crippen MR) is 103 cm³/mol. The van der Waals surface area contributed by atoms with Crippen molar-refractivity contribution >= 4 is 46.1 Å². The summed E-state index contributed by atoms with van der Waals surface area (Å²) in [7, 11) is 0. The standard InChI is InChI=1S/C19H12ClN3OS/c20-15-8-4-7-14(11-15)12-16-18(24)23-19(25-16)21-17(22-23)10-9-13-5-2-1-3-6-13/h1-12H. The van der Waals surface area contributed by atoms with E-state index in [4.69, 9.17) is 11.6 Å². The second-order valence-electron chi connectivity index (χ2n) is 5.38. The van der Waals surface area contributed by atoms with E-state index in [2.05, 4.69) is 10.1 Å². The highest BCUT2D eigenvalue weighted by Gasteiger charge is 2.08. The van der Waals surface area contributed by atoms with Crippen LogP contribution in [0.5, 0.6) is 0 Å². The van der Waals surface area contributed by atoms with E-state index >= 15 is 0 Å². The molecule has 0 amide bonds. The zero-order valence-electron chi connectivity index (χ0n) is 13.0. The van der Waals surface area contributed by atoms with Gasteiger partial charge in [0.2, 0.25) is 4.96 Å². The molecule has 6 heteroatoms. The van der Waals surface area contributed by atoms with E-state index in [-0.39, 0.29) is 5.56 Å². The Morgan fingerprint density at radius 3 is 2.56 bits per heavy atom. The third-order valence-electron chi connectivity index (χ3n) is 3.57. The Balaban J connectivity index is 1.70. The lowest BCUT2D eigenvalue weighted by Crippen LogP contribution is -2.23. The molecule has 0 unspecified atom stereocenters. The Morgan fingerprint density at radius 2 is 1.80 bits per heavy atom. The van der Waals surface area contributed by atoms with Gasteiger partial charge in [0.15, 0.2) is 5.82 Å². The third kappa shape index (κ3) is 3.38. The van der Waals surface area contributed by atoms with Crippen LogP contribution in [0, 0.1) is 0 Å². The molecule has 2 aromatic heterocycles. The number of rotatable bonds is 3. The van der Waals surface area contributed by atoms with Crippen molar-refractivity contribution in [3.63, 3.8) is 0 Å². The van der Waals surface area contributed by atoms with E-state index in [9.17, 15) is 4.79 Å². The van der Waals surface area contributed by atoms with Gasteiger partial charge in [-0.1, -0.05) is 71.5 Å². The maximum atomic E-state index is 12.5. The van der Waals surface area contributed by atoms with Crippen molar-refractivity contribution in [1.29, 1.82) is 0 Å². The van der Waals surface area contributed by atoms with Crippen molar-refractivity contribution in [2.75, 3.05) is 0 Å². The fraction of sp³-hybridized carbons (Fsp3) is 0. The number of halogens is 1. The molecule has 0 fully saturated rings. The molecule has 0 aliphatic rings. The van der Waals surface area contributed by atoms with Gasteiger partial charge < -0.3 is 0 Å². The summed E-state index contributed by atoms with van der Waals surface area (Å²) in [5, 5.41) is 4.91. The molecule has 0 bridgehead atoms. The maximum absolute atomic E-state index is 12.5. The molecule has 2 aromatic carbocycles. The number of benzene rings is 2. The van der Waals surface area contributed by atoms with Crippen molar-refractivity contribution < 1.29 is 0 Å². The van der Waals surface area contributed by atoms with Crippen LogP contribution in [0.1, 0.15) is 17.0 Å². The highest BCUT2D eigenvalue weighted by atomic mass is 35.5. The van der Waals surface area contributed by atoms with Crippen LogP contribution in [0.25, 0.3) is 23.2 Å². The molecule has 0 saturated heterocycles. The number of hydrogen-bond donors (Lipinski definition) is 0. The summed E-state index contributed by atoms with van der Waals surface area (Å²) in [5.74, 6) is 0.515. The first kappa shape index (κ1) is 15.7. The molecule has 2 heterocycles. The number of fused-ring (bicyclic) bond motifs is 1. The average Bonchev–Trinajstić information content (AvgIpc) is 3.14. The fourth-order valence-corrected chi connectivity index (χ4v) is 3.52. The lowest BCUT2D eigenvalue weighted by atomic mass is 10.2. The lowest BCUT2D eigenvalue weighted by molar-refractivity contribution is 0.925. The van der Waals surface area contributed by atoms with E-state index in [1.165, 1.54) is 15.9 Å². The van der Waals surface area contributed by atoms with Crippen molar-refractivity contribution in [3.05, 3.63) is 91.5 Å². The summed E-state index contributed by atoms with van der Waals surface area (Å²) < 4.78 is 1.92. The topological polar surface area (TPSA) is 47.3 Å². The van der Waals surface area contributed by atoms with Gasteiger partial charge in [0.05, 0.1) is 4.53 Å². The number of nitrogens with zero attached hydrogens (tertiary/aromatic N) is 3.